The van der Waals surface area contributed by atoms with Gasteiger partial charge in [-0.25, -0.2) is 4.98 Å². The molecule has 2 amide bonds. The minimum atomic E-state index is -0.204. The lowest BCUT2D eigenvalue weighted by molar-refractivity contribution is -0.137. The summed E-state index contributed by atoms with van der Waals surface area (Å²) in [7, 11) is 0. The average molecular weight is 361 g/mol. The summed E-state index contributed by atoms with van der Waals surface area (Å²) in [6.07, 6.45) is 7.51. The van der Waals surface area contributed by atoms with Crippen LogP contribution in [-0.4, -0.2) is 56.3 Å². The minimum absolute atomic E-state index is 0.112. The molecule has 0 aromatic carbocycles. The Bertz CT molecular complexity index is 653. The van der Waals surface area contributed by atoms with Crippen LogP contribution >= 0.6 is 0 Å². The standard InChI is InChI=1S/C20H32N4O2/c1-15-21-8-12-22(15)9-5-16-6-10-23(11-7-16)19(26)17-13-18(25)24(14-17)20(2,3)4/h8,12,16-17H,5-7,9-11,13-14H2,1-4H3/t17-/m0/s1. The summed E-state index contributed by atoms with van der Waals surface area (Å²) in [5.41, 5.74) is -0.204. The van der Waals surface area contributed by atoms with Crippen LogP contribution in [0.15, 0.2) is 12.4 Å². The van der Waals surface area contributed by atoms with E-state index in [-0.39, 0.29) is 23.3 Å². The molecule has 1 aromatic heterocycles. The Balaban J connectivity index is 1.47. The zero-order valence-electron chi connectivity index (χ0n) is 16.6. The molecule has 3 heterocycles. The molecule has 0 saturated carbocycles. The zero-order valence-corrected chi connectivity index (χ0v) is 16.6. The fourth-order valence-corrected chi connectivity index (χ4v) is 4.18. The molecule has 2 aliphatic heterocycles. The maximum absolute atomic E-state index is 12.8. The highest BCUT2D eigenvalue weighted by atomic mass is 16.2. The molecule has 144 valence electrons. The average Bonchev–Trinajstić information content (AvgIpc) is 3.18. The van der Waals surface area contributed by atoms with Crippen molar-refractivity contribution in [3.8, 4) is 0 Å². The third kappa shape index (κ3) is 4.10. The summed E-state index contributed by atoms with van der Waals surface area (Å²) in [6, 6.07) is 0. The van der Waals surface area contributed by atoms with Gasteiger partial charge in [0.05, 0.1) is 5.92 Å². The molecule has 26 heavy (non-hydrogen) atoms. The molecule has 0 aliphatic carbocycles. The Kier molecular flexibility index (Phi) is 5.39. The molecule has 6 nitrogen and oxygen atoms in total. The van der Waals surface area contributed by atoms with Gasteiger partial charge in [0.1, 0.15) is 5.82 Å². The molecule has 1 aromatic rings. The summed E-state index contributed by atoms with van der Waals surface area (Å²) in [5.74, 6) is 1.85. The van der Waals surface area contributed by atoms with Crippen molar-refractivity contribution in [3.05, 3.63) is 18.2 Å². The van der Waals surface area contributed by atoms with Gasteiger partial charge in [0.15, 0.2) is 0 Å². The molecular formula is C20H32N4O2. The number of rotatable bonds is 4. The number of carbonyl (C=O) groups is 2. The van der Waals surface area contributed by atoms with Crippen molar-refractivity contribution in [2.45, 2.75) is 65.5 Å². The monoisotopic (exact) mass is 360 g/mol. The van der Waals surface area contributed by atoms with E-state index in [2.05, 4.69) is 9.55 Å². The lowest BCUT2D eigenvalue weighted by Gasteiger charge is -2.35. The van der Waals surface area contributed by atoms with Gasteiger partial charge in [-0.3, -0.25) is 9.59 Å². The summed E-state index contributed by atoms with van der Waals surface area (Å²) in [6.45, 7) is 11.4. The van der Waals surface area contributed by atoms with Crippen molar-refractivity contribution in [1.29, 1.82) is 0 Å². The van der Waals surface area contributed by atoms with Crippen molar-refractivity contribution < 1.29 is 9.59 Å². The Morgan fingerprint density at radius 2 is 1.96 bits per heavy atom. The number of hydrogen-bond donors (Lipinski definition) is 0. The Morgan fingerprint density at radius 3 is 2.50 bits per heavy atom. The number of aryl methyl sites for hydroxylation is 2. The molecule has 6 heteroatoms. The van der Waals surface area contributed by atoms with Gasteiger partial charge in [-0.05, 0) is 52.9 Å². The number of carbonyl (C=O) groups excluding carboxylic acids is 2. The third-order valence-corrected chi connectivity index (χ3v) is 5.91. The molecule has 0 spiro atoms. The second kappa shape index (κ2) is 7.41. The number of amides is 2. The predicted octanol–water partition coefficient (Wildman–Crippen LogP) is 2.47. The van der Waals surface area contributed by atoms with Crippen LogP contribution < -0.4 is 0 Å². The quantitative estimate of drug-likeness (QED) is 0.829. The van der Waals surface area contributed by atoms with Gasteiger partial charge >= 0.3 is 0 Å². The molecule has 0 N–H and O–H groups in total. The normalized spacial score (nSPS) is 22.3. The van der Waals surface area contributed by atoms with E-state index in [1.807, 2.05) is 49.9 Å². The zero-order chi connectivity index (χ0) is 18.9. The van der Waals surface area contributed by atoms with Gasteiger partial charge in [0.2, 0.25) is 11.8 Å². The van der Waals surface area contributed by atoms with Crippen LogP contribution in [-0.2, 0) is 16.1 Å². The Hall–Kier alpha value is -1.85. The van der Waals surface area contributed by atoms with E-state index in [0.717, 1.165) is 44.7 Å². The maximum atomic E-state index is 12.8. The van der Waals surface area contributed by atoms with Gasteiger partial charge < -0.3 is 14.4 Å². The van der Waals surface area contributed by atoms with Crippen LogP contribution in [0.5, 0.6) is 0 Å². The van der Waals surface area contributed by atoms with Gasteiger partial charge in [0.25, 0.3) is 0 Å². The fourth-order valence-electron chi connectivity index (χ4n) is 4.18. The molecule has 2 fully saturated rings. The highest BCUT2D eigenvalue weighted by Gasteiger charge is 2.41. The molecule has 2 saturated heterocycles. The van der Waals surface area contributed by atoms with Crippen LogP contribution in [0, 0.1) is 18.8 Å². The molecular weight excluding hydrogens is 328 g/mol. The first-order valence-corrected chi connectivity index (χ1v) is 9.82. The second-order valence-electron chi connectivity index (χ2n) is 8.80. The lowest BCUT2D eigenvalue weighted by Crippen LogP contribution is -2.45. The summed E-state index contributed by atoms with van der Waals surface area (Å²) in [4.78, 5) is 33.2. The SMILES string of the molecule is Cc1nccn1CCC1CCN(C(=O)[C@H]2CC(=O)N(C(C)(C)C)C2)CC1. The molecule has 0 bridgehead atoms. The first-order chi connectivity index (χ1) is 12.3. The Morgan fingerprint density at radius 1 is 1.27 bits per heavy atom. The van der Waals surface area contributed by atoms with E-state index < -0.39 is 0 Å². The van der Waals surface area contributed by atoms with Crippen molar-refractivity contribution in [3.63, 3.8) is 0 Å². The molecule has 0 radical (unpaired) electrons. The van der Waals surface area contributed by atoms with Crippen molar-refractivity contribution in [2.24, 2.45) is 11.8 Å². The van der Waals surface area contributed by atoms with Gasteiger partial charge in [-0.15, -0.1) is 0 Å². The molecule has 0 unspecified atom stereocenters. The number of nitrogens with zero attached hydrogens (tertiary/aromatic N) is 4. The fraction of sp³-hybridized carbons (Fsp3) is 0.750. The summed E-state index contributed by atoms with van der Waals surface area (Å²) < 4.78 is 2.20. The van der Waals surface area contributed by atoms with E-state index >= 15 is 0 Å². The smallest absolute Gasteiger partial charge is 0.227 e. The van der Waals surface area contributed by atoms with E-state index in [9.17, 15) is 9.59 Å². The largest absolute Gasteiger partial charge is 0.342 e. The van der Waals surface area contributed by atoms with Gasteiger partial charge in [-0.2, -0.15) is 0 Å². The van der Waals surface area contributed by atoms with Crippen LogP contribution in [0.3, 0.4) is 0 Å². The van der Waals surface area contributed by atoms with E-state index in [0.29, 0.717) is 18.9 Å². The number of hydrogen-bond acceptors (Lipinski definition) is 3. The van der Waals surface area contributed by atoms with E-state index in [4.69, 9.17) is 0 Å². The predicted molar refractivity (Wildman–Crippen MR) is 100 cm³/mol. The van der Waals surface area contributed by atoms with Crippen LogP contribution in [0.4, 0.5) is 0 Å². The Labute approximate surface area is 156 Å². The van der Waals surface area contributed by atoms with Crippen LogP contribution in [0.2, 0.25) is 0 Å². The van der Waals surface area contributed by atoms with Crippen molar-refractivity contribution in [2.75, 3.05) is 19.6 Å². The van der Waals surface area contributed by atoms with E-state index in [1.165, 1.54) is 0 Å². The molecule has 1 atom stereocenters. The highest BCUT2D eigenvalue weighted by Crippen LogP contribution is 2.29. The maximum Gasteiger partial charge on any atom is 0.227 e. The lowest BCUT2D eigenvalue weighted by atomic mass is 9.92. The number of likely N-dealkylation sites (tertiary alicyclic amines) is 2. The molecule has 3 rings (SSSR count). The molecule has 2 aliphatic rings. The first-order valence-electron chi connectivity index (χ1n) is 9.82. The number of aromatic nitrogens is 2. The number of imidazole rings is 1. The second-order valence-corrected chi connectivity index (χ2v) is 8.80. The van der Waals surface area contributed by atoms with Gasteiger partial charge in [-0.1, -0.05) is 0 Å². The van der Waals surface area contributed by atoms with Crippen molar-refractivity contribution >= 4 is 11.8 Å². The third-order valence-electron chi connectivity index (χ3n) is 5.91. The van der Waals surface area contributed by atoms with E-state index in [1.54, 1.807) is 0 Å². The summed E-state index contributed by atoms with van der Waals surface area (Å²) >= 11 is 0. The summed E-state index contributed by atoms with van der Waals surface area (Å²) in [5, 5.41) is 0. The van der Waals surface area contributed by atoms with Crippen LogP contribution in [0.1, 0.15) is 52.3 Å². The van der Waals surface area contributed by atoms with Crippen LogP contribution in [0.25, 0.3) is 0 Å². The minimum Gasteiger partial charge on any atom is -0.342 e. The number of piperidine rings is 1. The topological polar surface area (TPSA) is 58.4 Å². The van der Waals surface area contributed by atoms with Crippen molar-refractivity contribution in [1.82, 2.24) is 19.4 Å². The first kappa shape index (κ1) is 18.9. The highest BCUT2D eigenvalue weighted by molar-refractivity contribution is 5.89. The van der Waals surface area contributed by atoms with Gasteiger partial charge in [0, 0.05) is 50.5 Å².